The van der Waals surface area contributed by atoms with Crippen LogP contribution in [0.3, 0.4) is 0 Å². The number of ether oxygens (including phenoxy) is 1. The average Bonchev–Trinajstić information content (AvgIpc) is 2.93. The molecule has 0 atom stereocenters. The number of rotatable bonds is 7. The van der Waals surface area contributed by atoms with E-state index in [1.54, 1.807) is 0 Å². The lowest BCUT2D eigenvalue weighted by Gasteiger charge is -2.16. The Kier molecular flexibility index (Phi) is 8.82. The van der Waals surface area contributed by atoms with Crippen molar-refractivity contribution >= 4 is 26.9 Å². The molecule has 0 aliphatic heterocycles. The number of alkyl halides is 1. The number of aromatic nitrogens is 1. The Labute approximate surface area is 155 Å². The van der Waals surface area contributed by atoms with Gasteiger partial charge in [0.2, 0.25) is 0 Å². The first-order chi connectivity index (χ1) is 11.5. The SMILES string of the molecule is CC.CCCc1c(OCCCBr)ccc2c(CC(C)(C)C)noc12. The molecule has 24 heavy (non-hydrogen) atoms. The normalized spacial score (nSPS) is 11.3. The largest absolute Gasteiger partial charge is 0.493 e. The van der Waals surface area contributed by atoms with Gasteiger partial charge in [0.05, 0.1) is 12.3 Å². The molecule has 0 spiro atoms. The molecule has 0 unspecified atom stereocenters. The zero-order valence-corrected chi connectivity index (χ0v) is 17.6. The third kappa shape index (κ3) is 5.80. The summed E-state index contributed by atoms with van der Waals surface area (Å²) in [5, 5.41) is 6.41. The second-order valence-corrected chi connectivity index (χ2v) is 7.72. The van der Waals surface area contributed by atoms with E-state index in [9.17, 15) is 0 Å². The molecule has 0 saturated heterocycles. The predicted octanol–water partition coefficient (Wildman–Crippen LogP) is 6.56. The maximum Gasteiger partial charge on any atom is 0.174 e. The minimum atomic E-state index is 0.194. The minimum Gasteiger partial charge on any atom is -0.493 e. The quantitative estimate of drug-likeness (QED) is 0.391. The van der Waals surface area contributed by atoms with E-state index in [4.69, 9.17) is 9.26 Å². The third-order valence-corrected chi connectivity index (χ3v) is 4.07. The topological polar surface area (TPSA) is 35.3 Å². The number of hydrogen-bond donors (Lipinski definition) is 0. The number of nitrogens with zero attached hydrogens (tertiary/aromatic N) is 1. The standard InChI is InChI=1S/C18H26BrNO2.C2H6/c1-5-7-14-16(21-11-6-10-19)9-8-13-15(12-18(2,3)4)20-22-17(13)14;1-2/h8-9H,5-7,10-12H2,1-4H3;1-2H3. The maximum atomic E-state index is 5.93. The summed E-state index contributed by atoms with van der Waals surface area (Å²) in [6.45, 7) is 13.6. The van der Waals surface area contributed by atoms with Gasteiger partial charge in [-0.05, 0) is 36.8 Å². The number of benzene rings is 1. The van der Waals surface area contributed by atoms with Crippen molar-refractivity contribution in [2.24, 2.45) is 5.41 Å². The van der Waals surface area contributed by atoms with Gasteiger partial charge in [0.1, 0.15) is 5.75 Å². The highest BCUT2D eigenvalue weighted by molar-refractivity contribution is 9.09. The van der Waals surface area contributed by atoms with E-state index in [0.717, 1.165) is 65.6 Å². The molecule has 0 saturated carbocycles. The van der Waals surface area contributed by atoms with E-state index in [0.29, 0.717) is 0 Å². The van der Waals surface area contributed by atoms with Gasteiger partial charge in [-0.1, -0.05) is 69.0 Å². The van der Waals surface area contributed by atoms with E-state index < -0.39 is 0 Å². The van der Waals surface area contributed by atoms with Gasteiger partial charge in [-0.15, -0.1) is 0 Å². The fraction of sp³-hybridized carbons (Fsp3) is 0.650. The molecule has 0 fully saturated rings. The van der Waals surface area contributed by atoms with Crippen LogP contribution < -0.4 is 4.74 Å². The van der Waals surface area contributed by atoms with E-state index in [-0.39, 0.29) is 5.41 Å². The smallest absolute Gasteiger partial charge is 0.174 e. The van der Waals surface area contributed by atoms with Gasteiger partial charge in [0.15, 0.2) is 5.58 Å². The number of hydrogen-bond acceptors (Lipinski definition) is 3. The first-order valence-electron chi connectivity index (χ1n) is 9.05. The fourth-order valence-corrected chi connectivity index (χ4v) is 2.81. The monoisotopic (exact) mass is 397 g/mol. The molecule has 4 heteroatoms. The van der Waals surface area contributed by atoms with Crippen LogP contribution >= 0.6 is 15.9 Å². The van der Waals surface area contributed by atoms with E-state index in [1.165, 1.54) is 0 Å². The van der Waals surface area contributed by atoms with Crippen LogP contribution in [0.2, 0.25) is 0 Å². The van der Waals surface area contributed by atoms with Crippen LogP contribution in [0.1, 0.15) is 65.6 Å². The predicted molar refractivity (Wildman–Crippen MR) is 106 cm³/mol. The minimum absolute atomic E-state index is 0.194. The second kappa shape index (κ2) is 10.1. The van der Waals surface area contributed by atoms with Crippen LogP contribution in [-0.4, -0.2) is 17.1 Å². The molecule has 0 amide bonds. The van der Waals surface area contributed by atoms with Gasteiger partial charge in [0, 0.05) is 16.3 Å². The Morgan fingerprint density at radius 3 is 2.50 bits per heavy atom. The molecule has 1 aromatic heterocycles. The van der Waals surface area contributed by atoms with E-state index >= 15 is 0 Å². The Balaban J connectivity index is 0.00000139. The highest BCUT2D eigenvalue weighted by atomic mass is 79.9. The molecule has 2 aromatic rings. The Morgan fingerprint density at radius 1 is 1.21 bits per heavy atom. The summed E-state index contributed by atoms with van der Waals surface area (Å²) >= 11 is 3.43. The number of fused-ring (bicyclic) bond motifs is 1. The lowest BCUT2D eigenvalue weighted by atomic mass is 9.89. The lowest BCUT2D eigenvalue weighted by Crippen LogP contribution is -2.09. The Morgan fingerprint density at radius 2 is 1.92 bits per heavy atom. The second-order valence-electron chi connectivity index (χ2n) is 6.93. The van der Waals surface area contributed by atoms with Gasteiger partial charge in [-0.2, -0.15) is 0 Å². The molecule has 2 rings (SSSR count). The van der Waals surface area contributed by atoms with Gasteiger partial charge in [-0.3, -0.25) is 0 Å². The van der Waals surface area contributed by atoms with Crippen LogP contribution in [0, 0.1) is 5.41 Å². The molecule has 3 nitrogen and oxygen atoms in total. The highest BCUT2D eigenvalue weighted by Crippen LogP contribution is 2.33. The molecular weight excluding hydrogens is 366 g/mol. The zero-order valence-electron chi connectivity index (χ0n) is 16.0. The molecule has 1 heterocycles. The summed E-state index contributed by atoms with van der Waals surface area (Å²) in [5.74, 6) is 0.939. The lowest BCUT2D eigenvalue weighted by molar-refractivity contribution is 0.315. The van der Waals surface area contributed by atoms with Crippen molar-refractivity contribution in [1.82, 2.24) is 5.16 Å². The first kappa shape index (κ1) is 21.0. The van der Waals surface area contributed by atoms with Crippen molar-refractivity contribution in [3.63, 3.8) is 0 Å². The van der Waals surface area contributed by atoms with E-state index in [2.05, 4.69) is 60.9 Å². The molecular formula is C20H32BrNO2. The van der Waals surface area contributed by atoms with Crippen LogP contribution in [-0.2, 0) is 12.8 Å². The van der Waals surface area contributed by atoms with Crippen LogP contribution in [0.5, 0.6) is 5.75 Å². The highest BCUT2D eigenvalue weighted by Gasteiger charge is 2.20. The molecule has 0 aliphatic carbocycles. The Bertz CT molecular complexity index is 614. The summed E-state index contributed by atoms with van der Waals surface area (Å²) in [6.07, 6.45) is 3.92. The summed E-state index contributed by atoms with van der Waals surface area (Å²) < 4.78 is 11.6. The van der Waals surface area contributed by atoms with Gasteiger partial charge >= 0.3 is 0 Å². The zero-order chi connectivity index (χ0) is 18.2. The van der Waals surface area contributed by atoms with Crippen LogP contribution in [0.25, 0.3) is 11.0 Å². The molecule has 0 N–H and O–H groups in total. The summed E-state index contributed by atoms with van der Waals surface area (Å²) in [4.78, 5) is 0. The molecule has 136 valence electrons. The van der Waals surface area contributed by atoms with Crippen molar-refractivity contribution in [2.75, 3.05) is 11.9 Å². The van der Waals surface area contributed by atoms with Gasteiger partial charge in [-0.25, -0.2) is 0 Å². The first-order valence-corrected chi connectivity index (χ1v) is 10.2. The summed E-state index contributed by atoms with van der Waals surface area (Å²) in [7, 11) is 0. The number of aryl methyl sites for hydroxylation is 1. The van der Waals surface area contributed by atoms with Crippen molar-refractivity contribution in [1.29, 1.82) is 0 Å². The third-order valence-electron chi connectivity index (χ3n) is 3.51. The van der Waals surface area contributed by atoms with Crippen LogP contribution in [0.15, 0.2) is 16.7 Å². The van der Waals surface area contributed by atoms with Crippen molar-refractivity contribution < 1.29 is 9.26 Å². The fourth-order valence-electron chi connectivity index (χ4n) is 2.58. The molecule has 1 aromatic carbocycles. The van der Waals surface area contributed by atoms with Crippen molar-refractivity contribution in [3.8, 4) is 5.75 Å². The molecule has 0 aliphatic rings. The van der Waals surface area contributed by atoms with Crippen molar-refractivity contribution in [3.05, 3.63) is 23.4 Å². The average molecular weight is 398 g/mol. The van der Waals surface area contributed by atoms with Gasteiger partial charge in [0.25, 0.3) is 0 Å². The van der Waals surface area contributed by atoms with Gasteiger partial charge < -0.3 is 9.26 Å². The maximum absolute atomic E-state index is 5.93. The van der Waals surface area contributed by atoms with Crippen molar-refractivity contribution in [2.45, 2.75) is 67.2 Å². The molecule has 0 radical (unpaired) electrons. The van der Waals surface area contributed by atoms with E-state index in [1.807, 2.05) is 13.8 Å². The van der Waals surface area contributed by atoms with Crippen LogP contribution in [0.4, 0.5) is 0 Å². The summed E-state index contributed by atoms with van der Waals surface area (Å²) in [6, 6.07) is 4.17. The number of halogens is 1. The summed E-state index contributed by atoms with van der Waals surface area (Å²) in [5.41, 5.74) is 3.30. The molecule has 0 bridgehead atoms. The Hall–Kier alpha value is -1.03.